The van der Waals surface area contributed by atoms with Crippen molar-refractivity contribution < 1.29 is 24.2 Å². The molecular weight excluding hydrogens is 428 g/mol. The van der Waals surface area contributed by atoms with Crippen LogP contribution in [0.5, 0.6) is 0 Å². The number of alkyl carbamates (subject to hydrolysis) is 1. The zero-order valence-corrected chi connectivity index (χ0v) is 18.4. The number of carbonyl (C=O) groups excluding carboxylic acids is 2. The van der Waals surface area contributed by atoms with Gasteiger partial charge in [-0.05, 0) is 18.4 Å². The highest BCUT2D eigenvalue weighted by Crippen LogP contribution is 2.18. The van der Waals surface area contributed by atoms with E-state index in [1.54, 1.807) is 36.9 Å². The number of aryl methyl sites for hydroxylation is 1. The molecule has 174 valence electrons. The van der Waals surface area contributed by atoms with Gasteiger partial charge in [-0.1, -0.05) is 44.2 Å². The van der Waals surface area contributed by atoms with Crippen LogP contribution in [0.25, 0.3) is 11.2 Å². The van der Waals surface area contributed by atoms with E-state index in [1.165, 1.54) is 6.33 Å². The number of amides is 2. The number of benzene rings is 1. The summed E-state index contributed by atoms with van der Waals surface area (Å²) < 4.78 is 6.84. The predicted octanol–water partition coefficient (Wildman–Crippen LogP) is 2.58. The summed E-state index contributed by atoms with van der Waals surface area (Å²) in [5.41, 5.74) is 1.77. The molecule has 0 radical (unpaired) electrons. The number of aliphatic carboxylic acids is 1. The second-order valence-corrected chi connectivity index (χ2v) is 7.72. The van der Waals surface area contributed by atoms with Gasteiger partial charge < -0.3 is 25.0 Å². The predicted molar refractivity (Wildman–Crippen MR) is 119 cm³/mol. The van der Waals surface area contributed by atoms with E-state index in [0.29, 0.717) is 29.9 Å². The van der Waals surface area contributed by atoms with Crippen molar-refractivity contribution in [2.45, 2.75) is 45.9 Å². The van der Waals surface area contributed by atoms with Crippen molar-refractivity contribution in [3.05, 3.63) is 48.5 Å². The van der Waals surface area contributed by atoms with Crippen LogP contribution in [0, 0.1) is 5.92 Å². The summed E-state index contributed by atoms with van der Waals surface area (Å²) in [6, 6.07) is 8.01. The Bertz CT molecular complexity index is 1110. The van der Waals surface area contributed by atoms with E-state index in [0.717, 1.165) is 5.56 Å². The minimum Gasteiger partial charge on any atom is -0.480 e. The molecule has 0 saturated heterocycles. The number of anilines is 1. The minimum absolute atomic E-state index is 0.0510. The number of hydrogen-bond donors (Lipinski definition) is 3. The maximum Gasteiger partial charge on any atom is 0.408 e. The smallest absolute Gasteiger partial charge is 0.408 e. The molecule has 33 heavy (non-hydrogen) atoms. The Morgan fingerprint density at radius 3 is 2.58 bits per heavy atom. The number of carboxylic acid groups (broad SMARTS) is 1. The summed E-state index contributed by atoms with van der Waals surface area (Å²) in [6.45, 7) is 4.01. The average molecular weight is 454 g/mol. The number of carboxylic acids is 1. The van der Waals surface area contributed by atoms with Gasteiger partial charge in [0.05, 0.1) is 6.33 Å². The van der Waals surface area contributed by atoms with Crippen molar-refractivity contribution in [2.75, 3.05) is 5.32 Å². The Labute approximate surface area is 190 Å². The van der Waals surface area contributed by atoms with Crippen LogP contribution in [-0.2, 0) is 27.5 Å². The number of fused-ring (bicyclic) bond motifs is 1. The molecule has 0 bridgehead atoms. The summed E-state index contributed by atoms with van der Waals surface area (Å²) in [6.07, 6.45) is 2.71. The molecule has 0 spiro atoms. The van der Waals surface area contributed by atoms with Crippen LogP contribution < -0.4 is 10.6 Å². The van der Waals surface area contributed by atoms with E-state index in [2.05, 4.69) is 25.6 Å². The Kier molecular flexibility index (Phi) is 7.90. The van der Waals surface area contributed by atoms with Crippen molar-refractivity contribution >= 4 is 35.0 Å². The van der Waals surface area contributed by atoms with Gasteiger partial charge in [0.2, 0.25) is 5.91 Å². The van der Waals surface area contributed by atoms with Crippen molar-refractivity contribution in [3.63, 3.8) is 0 Å². The van der Waals surface area contributed by atoms with E-state index in [-0.39, 0.29) is 24.9 Å². The number of ether oxygens (including phenoxy) is 1. The van der Waals surface area contributed by atoms with E-state index in [9.17, 15) is 19.5 Å². The highest BCUT2D eigenvalue weighted by molar-refractivity contribution is 5.97. The third-order valence-corrected chi connectivity index (χ3v) is 4.86. The van der Waals surface area contributed by atoms with Gasteiger partial charge in [-0.15, -0.1) is 0 Å². The summed E-state index contributed by atoms with van der Waals surface area (Å²) >= 11 is 0. The fraction of sp³-hybridized carbons (Fsp3) is 0.364. The van der Waals surface area contributed by atoms with Crippen molar-refractivity contribution in [2.24, 2.45) is 5.92 Å². The van der Waals surface area contributed by atoms with Crippen LogP contribution in [0.4, 0.5) is 10.6 Å². The van der Waals surface area contributed by atoms with Crippen LogP contribution in [0.15, 0.2) is 43.0 Å². The zero-order valence-electron chi connectivity index (χ0n) is 18.4. The number of nitrogens with zero attached hydrogens (tertiary/aromatic N) is 4. The van der Waals surface area contributed by atoms with Crippen molar-refractivity contribution in [3.8, 4) is 0 Å². The van der Waals surface area contributed by atoms with E-state index in [4.69, 9.17) is 4.74 Å². The molecule has 1 unspecified atom stereocenters. The first-order chi connectivity index (χ1) is 15.8. The lowest BCUT2D eigenvalue weighted by Gasteiger charge is -2.15. The van der Waals surface area contributed by atoms with Gasteiger partial charge in [-0.25, -0.2) is 24.5 Å². The van der Waals surface area contributed by atoms with Crippen LogP contribution >= 0.6 is 0 Å². The maximum atomic E-state index is 12.0. The molecule has 0 fully saturated rings. The molecular formula is C22H26N6O5. The monoisotopic (exact) mass is 454 g/mol. The fourth-order valence-electron chi connectivity index (χ4n) is 3.03. The van der Waals surface area contributed by atoms with Crippen LogP contribution in [0.1, 0.15) is 32.3 Å². The lowest BCUT2D eigenvalue weighted by molar-refractivity contribution is -0.139. The SMILES string of the molecule is CC(C)C(=O)Nc1ncnc2c1ncn2CCCC(NC(=O)OCc1ccccc1)C(=O)O. The average Bonchev–Trinajstić information content (AvgIpc) is 3.21. The molecule has 3 rings (SSSR count). The Balaban J connectivity index is 1.55. The molecule has 0 aliphatic rings. The van der Waals surface area contributed by atoms with Gasteiger partial charge in [-0.3, -0.25) is 4.79 Å². The fourth-order valence-corrected chi connectivity index (χ4v) is 3.03. The van der Waals surface area contributed by atoms with Gasteiger partial charge in [0, 0.05) is 12.5 Å². The lowest BCUT2D eigenvalue weighted by atomic mass is 10.1. The van der Waals surface area contributed by atoms with Gasteiger partial charge in [0.15, 0.2) is 17.0 Å². The lowest BCUT2D eigenvalue weighted by Crippen LogP contribution is -2.41. The summed E-state index contributed by atoms with van der Waals surface area (Å²) in [5.74, 6) is -1.22. The number of imidazole rings is 1. The van der Waals surface area contributed by atoms with Gasteiger partial charge >= 0.3 is 12.1 Å². The molecule has 11 nitrogen and oxygen atoms in total. The van der Waals surface area contributed by atoms with Gasteiger partial charge in [0.1, 0.15) is 19.0 Å². The molecule has 3 N–H and O–H groups in total. The molecule has 0 aliphatic heterocycles. The normalized spacial score (nSPS) is 11.8. The topological polar surface area (TPSA) is 148 Å². The van der Waals surface area contributed by atoms with Gasteiger partial charge in [-0.2, -0.15) is 0 Å². The Morgan fingerprint density at radius 1 is 1.12 bits per heavy atom. The summed E-state index contributed by atoms with van der Waals surface area (Å²) in [4.78, 5) is 48.1. The molecule has 0 aliphatic carbocycles. The first-order valence-electron chi connectivity index (χ1n) is 10.5. The molecule has 2 amide bonds. The molecule has 1 atom stereocenters. The van der Waals surface area contributed by atoms with Crippen LogP contribution in [-0.4, -0.2) is 48.6 Å². The Morgan fingerprint density at radius 2 is 1.88 bits per heavy atom. The summed E-state index contributed by atoms with van der Waals surface area (Å²) in [7, 11) is 0. The largest absolute Gasteiger partial charge is 0.480 e. The highest BCUT2D eigenvalue weighted by Gasteiger charge is 2.21. The van der Waals surface area contributed by atoms with Crippen molar-refractivity contribution in [1.82, 2.24) is 24.8 Å². The third kappa shape index (κ3) is 6.48. The van der Waals surface area contributed by atoms with E-state index in [1.807, 2.05) is 18.2 Å². The van der Waals surface area contributed by atoms with Crippen LogP contribution in [0.2, 0.25) is 0 Å². The number of aromatic nitrogens is 4. The molecule has 0 saturated carbocycles. The second-order valence-electron chi connectivity index (χ2n) is 7.72. The molecule has 11 heteroatoms. The Hall–Kier alpha value is -4.02. The molecule has 2 heterocycles. The number of hydrogen-bond acceptors (Lipinski definition) is 7. The standard InChI is InChI=1S/C22H26N6O5/c1-14(2)20(29)27-18-17-19(24-12-23-18)28(13-25-17)10-6-9-16(21(30)31)26-22(32)33-11-15-7-4-3-5-8-15/h3-5,7-8,12-14,16H,6,9-11H2,1-2H3,(H,26,32)(H,30,31)(H,23,24,27,29). The van der Waals surface area contributed by atoms with Gasteiger partial charge in [0.25, 0.3) is 0 Å². The zero-order chi connectivity index (χ0) is 23.8. The second kappa shape index (κ2) is 11.0. The quantitative estimate of drug-likeness (QED) is 0.423. The first kappa shape index (κ1) is 23.6. The molecule has 1 aromatic carbocycles. The van der Waals surface area contributed by atoms with Crippen LogP contribution in [0.3, 0.4) is 0 Å². The number of carbonyl (C=O) groups is 3. The summed E-state index contributed by atoms with van der Waals surface area (Å²) in [5, 5.41) is 14.6. The van der Waals surface area contributed by atoms with E-state index >= 15 is 0 Å². The van der Waals surface area contributed by atoms with E-state index < -0.39 is 18.1 Å². The minimum atomic E-state index is -1.15. The number of nitrogens with one attached hydrogen (secondary N) is 2. The highest BCUT2D eigenvalue weighted by atomic mass is 16.5. The number of rotatable bonds is 10. The molecule has 3 aromatic rings. The maximum absolute atomic E-state index is 12.0. The van der Waals surface area contributed by atoms with Crippen molar-refractivity contribution in [1.29, 1.82) is 0 Å². The third-order valence-electron chi connectivity index (χ3n) is 4.86. The molecule has 2 aromatic heterocycles. The first-order valence-corrected chi connectivity index (χ1v) is 10.5.